The van der Waals surface area contributed by atoms with Crippen molar-refractivity contribution in [1.82, 2.24) is 10.9 Å². The molecule has 5 nitrogen and oxygen atoms in total. The second-order valence-corrected chi connectivity index (χ2v) is 5.56. The van der Waals surface area contributed by atoms with Crippen LogP contribution in [-0.4, -0.2) is 17.9 Å². The van der Waals surface area contributed by atoms with Gasteiger partial charge in [0, 0.05) is 10.0 Å². The Kier molecular flexibility index (Phi) is 5.70. The Morgan fingerprint density at radius 3 is 2.48 bits per heavy atom. The second-order valence-electron chi connectivity index (χ2n) is 4.64. The van der Waals surface area contributed by atoms with Crippen LogP contribution in [0.25, 0.3) is 0 Å². The molecule has 2 amide bonds. The van der Waals surface area contributed by atoms with Crippen molar-refractivity contribution in [2.24, 2.45) is 0 Å². The Labute approximate surface area is 140 Å². The van der Waals surface area contributed by atoms with Gasteiger partial charge >= 0.3 is 0 Å². The van der Waals surface area contributed by atoms with Crippen LogP contribution in [0.5, 0.6) is 5.75 Å². The van der Waals surface area contributed by atoms with Crippen molar-refractivity contribution < 1.29 is 18.7 Å². The molecule has 120 valence electrons. The van der Waals surface area contributed by atoms with Gasteiger partial charge in [-0.3, -0.25) is 20.4 Å². The molecule has 0 aliphatic carbocycles. The predicted molar refractivity (Wildman–Crippen MR) is 86.2 cm³/mol. The first-order valence-corrected chi connectivity index (χ1v) is 7.53. The molecule has 0 aromatic heterocycles. The number of hydrogen-bond acceptors (Lipinski definition) is 3. The van der Waals surface area contributed by atoms with Crippen molar-refractivity contribution in [3.05, 3.63) is 64.4 Å². The zero-order valence-electron chi connectivity index (χ0n) is 12.2. The number of benzene rings is 2. The van der Waals surface area contributed by atoms with Gasteiger partial charge in [-0.15, -0.1) is 0 Å². The summed E-state index contributed by atoms with van der Waals surface area (Å²) in [6, 6.07) is 12.6. The summed E-state index contributed by atoms with van der Waals surface area (Å²) < 4.78 is 19.5. The second kappa shape index (κ2) is 7.73. The van der Waals surface area contributed by atoms with Crippen molar-refractivity contribution in [2.75, 3.05) is 0 Å². The zero-order valence-corrected chi connectivity index (χ0v) is 13.8. The normalized spacial score (nSPS) is 11.4. The molecule has 0 saturated heterocycles. The maximum atomic E-state index is 13.7. The highest BCUT2D eigenvalue weighted by molar-refractivity contribution is 9.10. The van der Waals surface area contributed by atoms with Gasteiger partial charge in [0.05, 0.1) is 0 Å². The maximum Gasteiger partial charge on any atom is 0.279 e. The smallest absolute Gasteiger partial charge is 0.279 e. The lowest BCUT2D eigenvalue weighted by atomic mass is 10.2. The summed E-state index contributed by atoms with van der Waals surface area (Å²) in [6.45, 7) is 1.45. The van der Waals surface area contributed by atoms with Gasteiger partial charge in [0.15, 0.2) is 17.7 Å². The SMILES string of the molecule is C[C@@H](Oc1ccc(Br)cc1F)C(=O)NNC(=O)c1ccccc1. The molecule has 0 spiro atoms. The molecule has 7 heteroatoms. The Morgan fingerprint density at radius 2 is 1.83 bits per heavy atom. The molecular weight excluding hydrogens is 367 g/mol. The van der Waals surface area contributed by atoms with Crippen molar-refractivity contribution in [3.63, 3.8) is 0 Å². The highest BCUT2D eigenvalue weighted by Crippen LogP contribution is 2.22. The Hall–Kier alpha value is -2.41. The Morgan fingerprint density at radius 1 is 1.13 bits per heavy atom. The minimum atomic E-state index is -0.984. The third kappa shape index (κ3) is 4.79. The van der Waals surface area contributed by atoms with Crippen molar-refractivity contribution in [2.45, 2.75) is 13.0 Å². The number of amides is 2. The quantitative estimate of drug-likeness (QED) is 0.801. The van der Waals surface area contributed by atoms with E-state index in [0.717, 1.165) is 0 Å². The van der Waals surface area contributed by atoms with E-state index in [9.17, 15) is 14.0 Å². The van der Waals surface area contributed by atoms with Gasteiger partial charge < -0.3 is 4.74 Å². The fourth-order valence-electron chi connectivity index (χ4n) is 1.70. The lowest BCUT2D eigenvalue weighted by Gasteiger charge is -2.15. The van der Waals surface area contributed by atoms with E-state index in [2.05, 4.69) is 26.8 Å². The number of nitrogens with one attached hydrogen (secondary N) is 2. The third-order valence-corrected chi connectivity index (χ3v) is 3.40. The largest absolute Gasteiger partial charge is 0.478 e. The molecule has 0 aliphatic heterocycles. The van der Waals surface area contributed by atoms with Crippen LogP contribution in [0.1, 0.15) is 17.3 Å². The van der Waals surface area contributed by atoms with Gasteiger partial charge in [0.1, 0.15) is 0 Å². The lowest BCUT2D eigenvalue weighted by Crippen LogP contribution is -2.47. The minimum absolute atomic E-state index is 0.0507. The first-order valence-electron chi connectivity index (χ1n) is 6.74. The van der Waals surface area contributed by atoms with Crippen LogP contribution >= 0.6 is 15.9 Å². The molecule has 1 atom stereocenters. The first kappa shape index (κ1) is 17.0. The van der Waals surface area contributed by atoms with Crippen LogP contribution in [0.2, 0.25) is 0 Å². The van der Waals surface area contributed by atoms with E-state index >= 15 is 0 Å². The van der Waals surface area contributed by atoms with E-state index in [1.165, 1.54) is 19.1 Å². The number of rotatable bonds is 4. The van der Waals surface area contributed by atoms with Crippen molar-refractivity contribution in [1.29, 1.82) is 0 Å². The van der Waals surface area contributed by atoms with Crippen LogP contribution in [0.3, 0.4) is 0 Å². The van der Waals surface area contributed by atoms with Gasteiger partial charge in [0.25, 0.3) is 11.8 Å². The molecule has 2 N–H and O–H groups in total. The topological polar surface area (TPSA) is 67.4 Å². The van der Waals surface area contributed by atoms with Gasteiger partial charge in [-0.1, -0.05) is 34.1 Å². The molecule has 23 heavy (non-hydrogen) atoms. The molecule has 0 unspecified atom stereocenters. The Balaban J connectivity index is 1.89. The molecule has 2 aromatic carbocycles. The summed E-state index contributed by atoms with van der Waals surface area (Å²) in [6.07, 6.45) is -0.984. The summed E-state index contributed by atoms with van der Waals surface area (Å²) in [5.74, 6) is -1.70. The molecular formula is C16H14BrFN2O3. The summed E-state index contributed by atoms with van der Waals surface area (Å²) in [4.78, 5) is 23.7. The van der Waals surface area contributed by atoms with Gasteiger partial charge in [0.2, 0.25) is 0 Å². The first-order chi connectivity index (χ1) is 11.0. The fraction of sp³-hybridized carbons (Fsp3) is 0.125. The van der Waals surface area contributed by atoms with E-state index in [-0.39, 0.29) is 5.75 Å². The highest BCUT2D eigenvalue weighted by Gasteiger charge is 2.17. The van der Waals surface area contributed by atoms with E-state index in [1.807, 2.05) is 0 Å². The van der Waals surface area contributed by atoms with Gasteiger partial charge in [-0.05, 0) is 37.3 Å². The molecule has 0 fully saturated rings. The van der Waals surface area contributed by atoms with Crippen LogP contribution in [0.15, 0.2) is 53.0 Å². The number of carbonyl (C=O) groups is 2. The van der Waals surface area contributed by atoms with Gasteiger partial charge in [-0.2, -0.15) is 0 Å². The van der Waals surface area contributed by atoms with Crippen LogP contribution in [-0.2, 0) is 4.79 Å². The summed E-state index contributed by atoms with van der Waals surface area (Å²) in [5, 5.41) is 0. The number of hydrogen-bond donors (Lipinski definition) is 2. The lowest BCUT2D eigenvalue weighted by molar-refractivity contribution is -0.128. The van der Waals surface area contributed by atoms with Crippen LogP contribution < -0.4 is 15.6 Å². The van der Waals surface area contributed by atoms with E-state index in [4.69, 9.17) is 4.74 Å². The molecule has 0 aliphatic rings. The molecule has 0 heterocycles. The zero-order chi connectivity index (χ0) is 16.8. The third-order valence-electron chi connectivity index (χ3n) is 2.90. The predicted octanol–water partition coefficient (Wildman–Crippen LogP) is 2.82. The number of halogens is 2. The van der Waals surface area contributed by atoms with E-state index < -0.39 is 23.7 Å². The Bertz CT molecular complexity index is 710. The number of carbonyl (C=O) groups excluding carboxylic acids is 2. The summed E-state index contributed by atoms with van der Waals surface area (Å²) >= 11 is 3.13. The van der Waals surface area contributed by atoms with E-state index in [0.29, 0.717) is 10.0 Å². The van der Waals surface area contributed by atoms with Crippen LogP contribution in [0, 0.1) is 5.82 Å². The van der Waals surface area contributed by atoms with Crippen LogP contribution in [0.4, 0.5) is 4.39 Å². The van der Waals surface area contributed by atoms with Gasteiger partial charge in [-0.25, -0.2) is 4.39 Å². The average molecular weight is 381 g/mol. The average Bonchev–Trinajstić information content (AvgIpc) is 2.55. The molecule has 2 rings (SSSR count). The molecule has 0 bridgehead atoms. The molecule has 0 saturated carbocycles. The summed E-state index contributed by atoms with van der Waals surface area (Å²) in [7, 11) is 0. The fourth-order valence-corrected chi connectivity index (χ4v) is 2.03. The number of ether oxygens (including phenoxy) is 1. The highest BCUT2D eigenvalue weighted by atomic mass is 79.9. The standard InChI is InChI=1S/C16H14BrFN2O3/c1-10(23-14-8-7-12(17)9-13(14)18)15(21)19-20-16(22)11-5-3-2-4-6-11/h2-10H,1H3,(H,19,21)(H,20,22)/t10-/m1/s1. The van der Waals surface area contributed by atoms with Crippen molar-refractivity contribution in [3.8, 4) is 5.75 Å². The van der Waals surface area contributed by atoms with Crippen molar-refractivity contribution >= 4 is 27.7 Å². The molecule has 2 aromatic rings. The summed E-state index contributed by atoms with van der Waals surface area (Å²) in [5.41, 5.74) is 4.91. The van der Waals surface area contributed by atoms with E-state index in [1.54, 1.807) is 36.4 Å². The number of hydrazine groups is 1. The molecule has 0 radical (unpaired) electrons. The minimum Gasteiger partial charge on any atom is -0.478 e. The maximum absolute atomic E-state index is 13.7. The monoisotopic (exact) mass is 380 g/mol.